The van der Waals surface area contributed by atoms with Crippen LogP contribution in [0.2, 0.25) is 0 Å². The van der Waals surface area contributed by atoms with Crippen molar-refractivity contribution in [3.8, 4) is 0 Å². The van der Waals surface area contributed by atoms with Gasteiger partial charge in [-0.2, -0.15) is 0 Å². The van der Waals surface area contributed by atoms with Crippen LogP contribution in [-0.2, 0) is 10.0 Å². The predicted octanol–water partition coefficient (Wildman–Crippen LogP) is 3.82. The third-order valence-electron chi connectivity index (χ3n) is 2.96. The van der Waals surface area contributed by atoms with Crippen molar-refractivity contribution < 1.29 is 8.42 Å². The van der Waals surface area contributed by atoms with Crippen LogP contribution in [0.15, 0.2) is 26.2 Å². The molecule has 20 heavy (non-hydrogen) atoms. The van der Waals surface area contributed by atoms with Gasteiger partial charge in [0, 0.05) is 5.69 Å². The van der Waals surface area contributed by atoms with Crippen LogP contribution in [0.25, 0.3) is 0 Å². The molecule has 7 heteroatoms. The molecule has 0 amide bonds. The SMILES string of the molecule is Cc1cc(NS(=O)(=O)c2cc(C)c(Br)s2)c(C)cc1N. The summed E-state index contributed by atoms with van der Waals surface area (Å²) in [7, 11) is -3.57. The molecule has 0 saturated heterocycles. The molecule has 2 aromatic rings. The van der Waals surface area contributed by atoms with Gasteiger partial charge in [-0.05, 0) is 71.6 Å². The van der Waals surface area contributed by atoms with Crippen molar-refractivity contribution in [3.63, 3.8) is 0 Å². The number of anilines is 2. The molecule has 0 bridgehead atoms. The van der Waals surface area contributed by atoms with Crippen molar-refractivity contribution in [3.05, 3.63) is 38.7 Å². The first-order valence-electron chi connectivity index (χ1n) is 5.86. The third-order valence-corrected chi connectivity index (χ3v) is 6.93. The first kappa shape index (κ1) is 15.3. The minimum absolute atomic E-state index is 0.288. The number of nitrogen functional groups attached to an aromatic ring is 1. The Morgan fingerprint density at radius 2 is 1.75 bits per heavy atom. The van der Waals surface area contributed by atoms with Crippen molar-refractivity contribution in [2.75, 3.05) is 10.5 Å². The van der Waals surface area contributed by atoms with Gasteiger partial charge in [-0.15, -0.1) is 11.3 Å². The van der Waals surface area contributed by atoms with E-state index in [0.717, 1.165) is 20.5 Å². The molecule has 0 unspecified atom stereocenters. The lowest BCUT2D eigenvalue weighted by molar-refractivity contribution is 0.603. The van der Waals surface area contributed by atoms with Gasteiger partial charge in [-0.1, -0.05) is 0 Å². The monoisotopic (exact) mass is 374 g/mol. The molecular weight excluding hydrogens is 360 g/mol. The Hall–Kier alpha value is -1.05. The maximum absolute atomic E-state index is 12.4. The zero-order chi connectivity index (χ0) is 15.1. The van der Waals surface area contributed by atoms with Gasteiger partial charge >= 0.3 is 0 Å². The number of benzene rings is 1. The van der Waals surface area contributed by atoms with Crippen molar-refractivity contribution in [2.24, 2.45) is 0 Å². The number of halogens is 1. The first-order valence-corrected chi connectivity index (χ1v) is 8.95. The van der Waals surface area contributed by atoms with E-state index >= 15 is 0 Å². The summed E-state index contributed by atoms with van der Waals surface area (Å²) in [4.78, 5) is 0. The molecule has 0 spiro atoms. The molecule has 0 atom stereocenters. The largest absolute Gasteiger partial charge is 0.399 e. The van der Waals surface area contributed by atoms with Crippen molar-refractivity contribution in [2.45, 2.75) is 25.0 Å². The smallest absolute Gasteiger partial charge is 0.271 e. The summed E-state index contributed by atoms with van der Waals surface area (Å²) in [5.41, 5.74) is 9.56. The van der Waals surface area contributed by atoms with Gasteiger partial charge in [0.2, 0.25) is 0 Å². The van der Waals surface area contributed by atoms with Crippen LogP contribution in [0, 0.1) is 20.8 Å². The first-order chi connectivity index (χ1) is 9.20. The highest BCUT2D eigenvalue weighted by Gasteiger charge is 2.19. The molecule has 0 fully saturated rings. The van der Waals surface area contributed by atoms with E-state index in [4.69, 9.17) is 5.73 Å². The molecule has 4 nitrogen and oxygen atoms in total. The number of thiophene rings is 1. The van der Waals surface area contributed by atoms with E-state index in [1.54, 1.807) is 18.2 Å². The van der Waals surface area contributed by atoms with Gasteiger partial charge in [-0.25, -0.2) is 8.42 Å². The number of aryl methyl sites for hydroxylation is 3. The molecule has 3 N–H and O–H groups in total. The highest BCUT2D eigenvalue weighted by molar-refractivity contribution is 9.11. The quantitative estimate of drug-likeness (QED) is 0.802. The Labute approximate surface area is 131 Å². The van der Waals surface area contributed by atoms with Gasteiger partial charge < -0.3 is 5.73 Å². The number of sulfonamides is 1. The molecule has 1 aromatic carbocycles. The fourth-order valence-corrected chi connectivity index (χ4v) is 5.05. The number of hydrogen-bond acceptors (Lipinski definition) is 4. The van der Waals surface area contributed by atoms with Gasteiger partial charge in [-0.3, -0.25) is 4.72 Å². The summed E-state index contributed by atoms with van der Waals surface area (Å²) >= 11 is 4.53. The van der Waals surface area contributed by atoms with E-state index in [2.05, 4.69) is 20.7 Å². The fraction of sp³-hybridized carbons (Fsp3) is 0.231. The van der Waals surface area contributed by atoms with Crippen LogP contribution in [0.3, 0.4) is 0 Å². The van der Waals surface area contributed by atoms with Crippen molar-refractivity contribution in [1.82, 2.24) is 0 Å². The van der Waals surface area contributed by atoms with E-state index in [9.17, 15) is 8.42 Å². The second-order valence-corrected chi connectivity index (χ2v) is 8.93. The maximum atomic E-state index is 12.4. The molecular formula is C13H15BrN2O2S2. The Morgan fingerprint density at radius 1 is 1.10 bits per heavy atom. The molecule has 108 valence electrons. The summed E-state index contributed by atoms with van der Waals surface area (Å²) in [5.74, 6) is 0. The summed E-state index contributed by atoms with van der Waals surface area (Å²) < 4.78 is 28.5. The van der Waals surface area contributed by atoms with Gasteiger partial charge in [0.1, 0.15) is 4.21 Å². The topological polar surface area (TPSA) is 72.2 Å². The minimum atomic E-state index is -3.57. The van der Waals surface area contributed by atoms with Gasteiger partial charge in [0.05, 0.1) is 9.47 Å². The molecule has 0 aliphatic rings. The van der Waals surface area contributed by atoms with Crippen molar-refractivity contribution >= 4 is 48.7 Å². The Bertz CT molecular complexity index is 747. The Morgan fingerprint density at radius 3 is 2.30 bits per heavy atom. The Balaban J connectivity index is 2.40. The summed E-state index contributed by atoms with van der Waals surface area (Å²) in [5, 5.41) is 0. The average Bonchev–Trinajstić information content (AvgIpc) is 2.67. The highest BCUT2D eigenvalue weighted by atomic mass is 79.9. The van der Waals surface area contributed by atoms with Crippen LogP contribution in [-0.4, -0.2) is 8.42 Å². The maximum Gasteiger partial charge on any atom is 0.271 e. The number of nitrogens with two attached hydrogens (primary N) is 1. The molecule has 0 aliphatic heterocycles. The van der Waals surface area contributed by atoms with E-state index in [-0.39, 0.29) is 4.21 Å². The lowest BCUT2D eigenvalue weighted by Gasteiger charge is -2.11. The Kier molecular flexibility index (Phi) is 4.13. The molecule has 1 heterocycles. The lowest BCUT2D eigenvalue weighted by Crippen LogP contribution is -2.12. The van der Waals surface area contributed by atoms with Crippen LogP contribution >= 0.6 is 27.3 Å². The normalized spacial score (nSPS) is 11.6. The summed E-state index contributed by atoms with van der Waals surface area (Å²) in [6, 6.07) is 5.16. The highest BCUT2D eigenvalue weighted by Crippen LogP contribution is 2.32. The number of rotatable bonds is 3. The second-order valence-electron chi connectivity index (χ2n) is 4.65. The standard InChI is InChI=1S/C13H15BrN2O2S2/c1-7-5-11(8(2)4-10(7)15)16-20(17,18)12-6-9(3)13(14)19-12/h4-6,16H,15H2,1-3H3. The molecule has 0 aliphatic carbocycles. The zero-order valence-corrected chi connectivity index (χ0v) is 14.5. The van der Waals surface area contributed by atoms with E-state index in [1.165, 1.54) is 11.3 Å². The van der Waals surface area contributed by atoms with Crippen LogP contribution in [0.5, 0.6) is 0 Å². The zero-order valence-electron chi connectivity index (χ0n) is 11.3. The van der Waals surface area contributed by atoms with Crippen molar-refractivity contribution in [1.29, 1.82) is 0 Å². The third kappa shape index (κ3) is 2.99. The number of nitrogens with one attached hydrogen (secondary N) is 1. The molecule has 1 aromatic heterocycles. The minimum Gasteiger partial charge on any atom is -0.399 e. The summed E-state index contributed by atoms with van der Waals surface area (Å²) in [6.45, 7) is 5.53. The lowest BCUT2D eigenvalue weighted by atomic mass is 10.1. The van der Waals surface area contributed by atoms with E-state index in [0.29, 0.717) is 11.4 Å². The molecule has 0 radical (unpaired) electrons. The van der Waals surface area contributed by atoms with Crippen LogP contribution in [0.1, 0.15) is 16.7 Å². The van der Waals surface area contributed by atoms with Gasteiger partial charge in [0.15, 0.2) is 0 Å². The number of hydrogen-bond donors (Lipinski definition) is 2. The fourth-order valence-electron chi connectivity index (χ4n) is 1.71. The molecule has 2 rings (SSSR count). The molecule has 0 saturated carbocycles. The predicted molar refractivity (Wildman–Crippen MR) is 87.9 cm³/mol. The van der Waals surface area contributed by atoms with Crippen LogP contribution < -0.4 is 10.5 Å². The second kappa shape index (κ2) is 5.38. The summed E-state index contributed by atoms with van der Waals surface area (Å²) in [6.07, 6.45) is 0. The van der Waals surface area contributed by atoms with E-state index in [1.807, 2.05) is 20.8 Å². The van der Waals surface area contributed by atoms with Gasteiger partial charge in [0.25, 0.3) is 10.0 Å². The van der Waals surface area contributed by atoms with E-state index < -0.39 is 10.0 Å². The average molecular weight is 375 g/mol. The van der Waals surface area contributed by atoms with Crippen LogP contribution in [0.4, 0.5) is 11.4 Å².